The molecule has 0 aliphatic rings. The van der Waals surface area contributed by atoms with Crippen LogP contribution in [0.2, 0.25) is 0 Å². The molecule has 0 aliphatic heterocycles. The molecular weight excluding hydrogens is 203 g/mol. The molecule has 0 N–H and O–H groups in total. The molecule has 0 aliphatic carbocycles. The van der Waals surface area contributed by atoms with E-state index in [0.29, 0.717) is 0 Å². The molecule has 92 valence electrons. The Bertz CT molecular complexity index is 153. The van der Waals surface area contributed by atoms with Crippen molar-refractivity contribution in [2.45, 2.75) is 53.4 Å². The number of hydrogen-bond acceptors (Lipinski definition) is 1. The number of carbonyl (C=O) groups excluding carboxylic acids is 1. The molecule has 1 nitrogen and oxygen atoms in total. The molecule has 0 aromatic heterocycles. The topological polar surface area (TPSA) is 17.1 Å². The third-order valence-corrected chi connectivity index (χ3v) is 10.8. The first-order chi connectivity index (χ1) is 7.12. The Morgan fingerprint density at radius 3 is 1.13 bits per heavy atom. The zero-order chi connectivity index (χ0) is 11.8. The Hall–Kier alpha value is 0.100. The third-order valence-electron chi connectivity index (χ3n) is 3.61. The first kappa shape index (κ1) is 15.1. The molecule has 0 amide bonds. The first-order valence-electron chi connectivity index (χ1n) is 6.59. The van der Waals surface area contributed by atoms with E-state index in [1.54, 1.807) is 0 Å². The second-order valence-corrected chi connectivity index (χ2v) is 11.2. The Kier molecular flexibility index (Phi) is 6.68. The number of rotatable bonds is 9. The quantitative estimate of drug-likeness (QED) is 0.426. The van der Waals surface area contributed by atoms with E-state index in [1.807, 2.05) is 0 Å². The molecule has 0 spiro atoms. The molecular formula is C13H29OP. The van der Waals surface area contributed by atoms with Gasteiger partial charge in [-0.3, -0.25) is 0 Å². The van der Waals surface area contributed by atoms with Gasteiger partial charge < -0.3 is 0 Å². The van der Waals surface area contributed by atoms with Crippen LogP contribution < -0.4 is 0 Å². The monoisotopic (exact) mass is 232 g/mol. The van der Waals surface area contributed by atoms with Crippen LogP contribution in [0.1, 0.15) is 53.4 Å². The van der Waals surface area contributed by atoms with Crippen molar-refractivity contribution in [3.63, 3.8) is 0 Å². The van der Waals surface area contributed by atoms with E-state index in [4.69, 9.17) is 0 Å². The maximum absolute atomic E-state index is 11.8. The van der Waals surface area contributed by atoms with Gasteiger partial charge in [0.1, 0.15) is 0 Å². The summed E-state index contributed by atoms with van der Waals surface area (Å²) < 4.78 is 0. The van der Waals surface area contributed by atoms with Crippen molar-refractivity contribution in [2.24, 2.45) is 0 Å². The van der Waals surface area contributed by atoms with Crippen molar-refractivity contribution in [3.05, 3.63) is 0 Å². The van der Waals surface area contributed by atoms with Gasteiger partial charge >= 0.3 is 95.5 Å². The standard InChI is InChI=1S/C13H29OP/c1-5-9-15(13-14,10-6-2,11-7-3)12-8-4/h13H,5-12H2,1-4H3. The van der Waals surface area contributed by atoms with Crippen LogP contribution in [0.25, 0.3) is 0 Å². The summed E-state index contributed by atoms with van der Waals surface area (Å²) in [5.41, 5.74) is 0. The van der Waals surface area contributed by atoms with Crippen LogP contribution in [0, 0.1) is 0 Å². The fourth-order valence-corrected chi connectivity index (χ4v) is 9.89. The van der Waals surface area contributed by atoms with Gasteiger partial charge in [-0.2, -0.15) is 0 Å². The van der Waals surface area contributed by atoms with Gasteiger partial charge in [0, 0.05) is 0 Å². The first-order valence-corrected chi connectivity index (χ1v) is 9.63. The fourth-order valence-electron chi connectivity index (χ4n) is 3.30. The summed E-state index contributed by atoms with van der Waals surface area (Å²) in [6, 6.07) is 1.44. The Morgan fingerprint density at radius 2 is 1.00 bits per heavy atom. The summed E-state index contributed by atoms with van der Waals surface area (Å²) in [7, 11) is 0. The predicted octanol–water partition coefficient (Wildman–Crippen LogP) is 4.37. The Balaban J connectivity index is 5.06. The SMILES string of the molecule is CCCP(C=O)(CCC)(CCC)CCC. The van der Waals surface area contributed by atoms with Crippen LogP contribution >= 0.6 is 6.60 Å². The van der Waals surface area contributed by atoms with Crippen molar-refractivity contribution in [3.8, 4) is 0 Å². The average Bonchev–Trinajstić information content (AvgIpc) is 2.20. The molecule has 0 atom stereocenters. The van der Waals surface area contributed by atoms with Crippen LogP contribution in [-0.2, 0) is 4.79 Å². The second kappa shape index (κ2) is 6.63. The van der Waals surface area contributed by atoms with Gasteiger partial charge in [-0.05, 0) is 0 Å². The summed E-state index contributed by atoms with van der Waals surface area (Å²) in [6.45, 7) is 6.94. The molecule has 0 unspecified atom stereocenters. The van der Waals surface area contributed by atoms with Gasteiger partial charge in [0.05, 0.1) is 0 Å². The maximum atomic E-state index is 11.8. The van der Waals surface area contributed by atoms with Crippen LogP contribution in [0.5, 0.6) is 0 Å². The molecule has 2 heteroatoms. The van der Waals surface area contributed by atoms with Crippen LogP contribution in [0.4, 0.5) is 0 Å². The van der Waals surface area contributed by atoms with Crippen LogP contribution in [-0.4, -0.2) is 30.7 Å². The normalized spacial score (nSPS) is 14.5. The summed E-state index contributed by atoms with van der Waals surface area (Å²) in [4.78, 5) is 11.8. The van der Waals surface area contributed by atoms with E-state index in [0.717, 1.165) is 0 Å². The summed E-state index contributed by atoms with van der Waals surface area (Å²) >= 11 is 0. The number of carbonyl (C=O) groups is 1. The predicted molar refractivity (Wildman–Crippen MR) is 74.3 cm³/mol. The van der Waals surface area contributed by atoms with Gasteiger partial charge in [-0.15, -0.1) is 0 Å². The van der Waals surface area contributed by atoms with Crippen molar-refractivity contribution >= 4 is 12.6 Å². The molecule has 0 aromatic carbocycles. The van der Waals surface area contributed by atoms with Crippen molar-refractivity contribution in [1.29, 1.82) is 0 Å². The average molecular weight is 232 g/mol. The fraction of sp³-hybridized carbons (Fsp3) is 0.923. The molecule has 0 rings (SSSR count). The van der Waals surface area contributed by atoms with E-state index in [-0.39, 0.29) is 0 Å². The van der Waals surface area contributed by atoms with E-state index in [9.17, 15) is 4.79 Å². The van der Waals surface area contributed by atoms with Crippen molar-refractivity contribution < 1.29 is 4.79 Å². The van der Waals surface area contributed by atoms with Gasteiger partial charge in [-0.25, -0.2) is 0 Å². The van der Waals surface area contributed by atoms with E-state index < -0.39 is 6.60 Å². The van der Waals surface area contributed by atoms with Gasteiger partial charge in [0.2, 0.25) is 0 Å². The van der Waals surface area contributed by atoms with Crippen LogP contribution in [0.3, 0.4) is 0 Å². The molecule has 0 heterocycles. The molecule has 15 heavy (non-hydrogen) atoms. The summed E-state index contributed by atoms with van der Waals surface area (Å²) in [6.07, 6.45) is 9.50. The summed E-state index contributed by atoms with van der Waals surface area (Å²) in [5, 5.41) is 0. The molecule has 0 fully saturated rings. The molecule has 0 bridgehead atoms. The molecule has 0 saturated heterocycles. The van der Waals surface area contributed by atoms with E-state index in [1.165, 1.54) is 56.4 Å². The molecule has 0 aromatic rings. The van der Waals surface area contributed by atoms with Gasteiger partial charge in [0.25, 0.3) is 0 Å². The minimum atomic E-state index is -1.98. The van der Waals surface area contributed by atoms with Crippen molar-refractivity contribution in [1.82, 2.24) is 0 Å². The Morgan fingerprint density at radius 1 is 0.733 bits per heavy atom. The molecule has 0 saturated carbocycles. The minimum absolute atomic E-state index is 1.18. The second-order valence-electron chi connectivity index (χ2n) is 5.07. The zero-order valence-electron chi connectivity index (χ0n) is 11.1. The van der Waals surface area contributed by atoms with Crippen LogP contribution in [0.15, 0.2) is 0 Å². The zero-order valence-corrected chi connectivity index (χ0v) is 12.0. The number of hydrogen-bond donors (Lipinski definition) is 0. The van der Waals surface area contributed by atoms with Gasteiger partial charge in [-0.1, -0.05) is 0 Å². The molecule has 0 radical (unpaired) electrons. The summed E-state index contributed by atoms with van der Waals surface area (Å²) in [5.74, 6) is 0. The Labute approximate surface area is 95.9 Å². The van der Waals surface area contributed by atoms with Crippen molar-refractivity contribution in [2.75, 3.05) is 24.6 Å². The van der Waals surface area contributed by atoms with Gasteiger partial charge in [0.15, 0.2) is 0 Å². The van der Waals surface area contributed by atoms with E-state index in [2.05, 4.69) is 27.7 Å². The third kappa shape index (κ3) is 3.55. The van der Waals surface area contributed by atoms with E-state index >= 15 is 0 Å².